The van der Waals surface area contributed by atoms with Crippen molar-refractivity contribution in [3.63, 3.8) is 0 Å². The topological polar surface area (TPSA) is 18.5 Å². The van der Waals surface area contributed by atoms with Crippen molar-refractivity contribution < 1.29 is 8.23 Å². The molecule has 0 N–H and O–H groups in total. The van der Waals surface area contributed by atoms with Gasteiger partial charge in [-0.15, -0.1) is 0 Å². The van der Waals surface area contributed by atoms with Crippen LogP contribution in [0.25, 0.3) is 0 Å². The summed E-state index contributed by atoms with van der Waals surface area (Å²) in [4.78, 5) is 0. The summed E-state index contributed by atoms with van der Waals surface area (Å²) in [6, 6.07) is 0. The quantitative estimate of drug-likeness (QED) is 0.571. The van der Waals surface area contributed by atoms with Gasteiger partial charge in [0.05, 0.1) is 0 Å². The van der Waals surface area contributed by atoms with E-state index >= 15 is 0 Å². The van der Waals surface area contributed by atoms with E-state index in [2.05, 4.69) is 0 Å². The molecule has 0 aliphatic heterocycles. The van der Waals surface area contributed by atoms with Gasteiger partial charge in [-0.2, -0.15) is 0 Å². The van der Waals surface area contributed by atoms with E-state index in [-0.39, 0.29) is 0 Å². The fraction of sp³-hybridized carbons (Fsp3) is 1.00. The van der Waals surface area contributed by atoms with Gasteiger partial charge in [0, 0.05) is 0 Å². The Labute approximate surface area is 104 Å². The molecule has 0 atom stereocenters. The fourth-order valence-corrected chi connectivity index (χ4v) is 16.3. The molecule has 0 aromatic carbocycles. The molecule has 0 saturated heterocycles. The second-order valence-electron chi connectivity index (χ2n) is 3.23. The van der Waals surface area contributed by atoms with Crippen LogP contribution in [0.4, 0.5) is 0 Å². The van der Waals surface area contributed by atoms with Crippen LogP contribution in [0.5, 0.6) is 0 Å². The predicted octanol–water partition coefficient (Wildman–Crippen LogP) is 3.92. The minimum Gasteiger partial charge on any atom is -0.414 e. The smallest absolute Gasteiger partial charge is 0.414 e. The Morgan fingerprint density at radius 3 is 1.38 bits per heavy atom. The first kappa shape index (κ1) is 15.0. The van der Waals surface area contributed by atoms with Gasteiger partial charge >= 0.3 is 13.4 Å². The molecular formula is C3H9Cl5O2Si3. The van der Waals surface area contributed by atoms with Gasteiger partial charge in [-0.1, -0.05) is 55.4 Å². The molecular weight excluding hydrogens is 330 g/mol. The lowest BCUT2D eigenvalue weighted by atomic mass is 11.8. The summed E-state index contributed by atoms with van der Waals surface area (Å²) in [5, 5.41) is 0. The van der Waals surface area contributed by atoms with E-state index in [1.165, 1.54) is 0 Å². The van der Waals surface area contributed by atoms with Crippen molar-refractivity contribution in [2.75, 3.05) is 0 Å². The average molecular weight is 339 g/mol. The standard InChI is InChI=1S/C3H9Cl5O2Si3/c1-11(2,3)9-13(7,8)10-12(4,5)6/h1-3H3. The Kier molecular flexibility index (Phi) is 5.66. The van der Waals surface area contributed by atoms with Gasteiger partial charge in [0.1, 0.15) is 0 Å². The normalized spacial score (nSPS) is 14.8. The SMILES string of the molecule is C[Si](C)(C)O[Si](Cl)(Cl)O[Si](Cl)(Cl)Cl. The first-order valence-electron chi connectivity index (χ1n) is 3.26. The number of rotatable bonds is 4. The second-order valence-corrected chi connectivity index (χ2v) is 21.0. The minimum absolute atomic E-state index is 1.87. The van der Waals surface area contributed by atoms with Crippen LogP contribution in [0.1, 0.15) is 0 Å². The molecule has 0 rings (SSSR count). The van der Waals surface area contributed by atoms with Crippen molar-refractivity contribution in [1.29, 1.82) is 0 Å². The highest BCUT2D eigenvalue weighted by Gasteiger charge is 2.47. The van der Waals surface area contributed by atoms with Crippen LogP contribution < -0.4 is 0 Å². The van der Waals surface area contributed by atoms with Crippen LogP contribution in [-0.4, -0.2) is 21.7 Å². The third kappa shape index (κ3) is 10.3. The molecule has 0 fully saturated rings. The summed E-state index contributed by atoms with van der Waals surface area (Å²) >= 11 is 28.0. The number of hydrogen-bond acceptors (Lipinski definition) is 2. The molecule has 0 amide bonds. The van der Waals surface area contributed by atoms with Crippen LogP contribution in [-0.2, 0) is 8.23 Å². The van der Waals surface area contributed by atoms with Crippen molar-refractivity contribution in [3.8, 4) is 0 Å². The van der Waals surface area contributed by atoms with E-state index in [9.17, 15) is 0 Å². The molecule has 2 nitrogen and oxygen atoms in total. The highest BCUT2D eigenvalue weighted by Crippen LogP contribution is 2.32. The van der Waals surface area contributed by atoms with E-state index in [0.717, 1.165) is 0 Å². The lowest BCUT2D eigenvalue weighted by molar-refractivity contribution is 0.449. The van der Waals surface area contributed by atoms with E-state index < -0.39 is 21.7 Å². The summed E-state index contributed by atoms with van der Waals surface area (Å²) in [5.41, 5.74) is 0. The van der Waals surface area contributed by atoms with E-state index in [1.54, 1.807) is 0 Å². The molecule has 0 spiro atoms. The summed E-state index contributed by atoms with van der Waals surface area (Å²) in [6.07, 6.45) is -3.28. The first-order chi connectivity index (χ1) is 5.41. The Bertz CT molecular complexity index is 157. The zero-order valence-corrected chi connectivity index (χ0v) is 14.0. The molecule has 0 aromatic rings. The maximum absolute atomic E-state index is 5.78. The van der Waals surface area contributed by atoms with Gasteiger partial charge in [0.25, 0.3) is 0 Å². The minimum atomic E-state index is -3.30. The zero-order valence-electron chi connectivity index (χ0n) is 7.21. The lowest BCUT2D eigenvalue weighted by Gasteiger charge is -2.27. The first-order valence-corrected chi connectivity index (χ1v) is 15.5. The Morgan fingerprint density at radius 1 is 0.769 bits per heavy atom. The van der Waals surface area contributed by atoms with E-state index in [0.29, 0.717) is 0 Å². The summed E-state index contributed by atoms with van der Waals surface area (Å²) < 4.78 is 10.3. The fourth-order valence-electron chi connectivity index (χ4n) is 0.512. The summed E-state index contributed by atoms with van der Waals surface area (Å²) in [6.45, 7) is 5.76. The molecule has 0 heterocycles. The molecule has 80 valence electrons. The maximum atomic E-state index is 5.78. The van der Waals surface area contributed by atoms with Crippen molar-refractivity contribution in [1.82, 2.24) is 0 Å². The third-order valence-electron chi connectivity index (χ3n) is 0.660. The van der Waals surface area contributed by atoms with Crippen molar-refractivity contribution in [3.05, 3.63) is 0 Å². The molecule has 0 aliphatic carbocycles. The highest BCUT2D eigenvalue weighted by molar-refractivity contribution is 7.64. The highest BCUT2D eigenvalue weighted by atomic mass is 35.8. The van der Waals surface area contributed by atoms with Gasteiger partial charge in [0.2, 0.25) is 0 Å². The van der Waals surface area contributed by atoms with Crippen LogP contribution in [0.3, 0.4) is 0 Å². The molecule has 10 heteroatoms. The van der Waals surface area contributed by atoms with Gasteiger partial charge in [-0.25, -0.2) is 0 Å². The predicted molar refractivity (Wildman–Crippen MR) is 66.3 cm³/mol. The maximum Gasteiger partial charge on any atom is 0.532 e. The molecule has 0 unspecified atom stereocenters. The summed E-state index contributed by atoms with van der Waals surface area (Å²) in [7, 11) is -5.18. The number of hydrogen-bond donors (Lipinski definition) is 0. The van der Waals surface area contributed by atoms with Crippen LogP contribution in [0.2, 0.25) is 19.6 Å². The van der Waals surface area contributed by atoms with E-state index in [1.807, 2.05) is 19.6 Å². The molecule has 0 aliphatic rings. The van der Waals surface area contributed by atoms with E-state index in [4.69, 9.17) is 63.6 Å². The van der Waals surface area contributed by atoms with Crippen molar-refractivity contribution in [2.24, 2.45) is 0 Å². The number of halogens is 5. The third-order valence-corrected chi connectivity index (χ3v) is 10.8. The Hall–Kier alpha value is 2.02. The monoisotopic (exact) mass is 336 g/mol. The zero-order chi connectivity index (χ0) is 10.9. The van der Waals surface area contributed by atoms with Gasteiger partial charge in [-0.05, 0) is 19.6 Å². The Morgan fingerprint density at radius 2 is 1.15 bits per heavy atom. The molecule has 0 aromatic heterocycles. The largest absolute Gasteiger partial charge is 0.532 e. The molecule has 0 saturated carbocycles. The molecule has 0 radical (unpaired) electrons. The average Bonchev–Trinajstić information content (AvgIpc) is 1.43. The molecule has 0 bridgehead atoms. The molecule has 13 heavy (non-hydrogen) atoms. The Balaban J connectivity index is 4.25. The van der Waals surface area contributed by atoms with Crippen LogP contribution >= 0.6 is 55.4 Å². The van der Waals surface area contributed by atoms with Crippen LogP contribution in [0, 0.1) is 0 Å². The van der Waals surface area contributed by atoms with Gasteiger partial charge in [0.15, 0.2) is 8.32 Å². The lowest BCUT2D eigenvalue weighted by Crippen LogP contribution is -2.45. The second kappa shape index (κ2) is 4.90. The van der Waals surface area contributed by atoms with Gasteiger partial charge < -0.3 is 8.23 Å². The van der Waals surface area contributed by atoms with Gasteiger partial charge in [-0.3, -0.25) is 0 Å². The van der Waals surface area contributed by atoms with Crippen LogP contribution in [0.15, 0.2) is 0 Å². The summed E-state index contributed by atoms with van der Waals surface area (Å²) in [5.74, 6) is 0. The van der Waals surface area contributed by atoms with Crippen molar-refractivity contribution in [2.45, 2.75) is 19.6 Å². The van der Waals surface area contributed by atoms with Crippen molar-refractivity contribution >= 4 is 77.1 Å².